The molecule has 0 aliphatic carbocycles. The molecule has 106 valence electrons. The van der Waals surface area contributed by atoms with Crippen molar-refractivity contribution < 1.29 is 4.79 Å². The van der Waals surface area contributed by atoms with Gasteiger partial charge in [-0.25, -0.2) is 4.98 Å². The smallest absolute Gasteiger partial charge is 0.271 e. The van der Waals surface area contributed by atoms with Crippen LogP contribution in [0.2, 0.25) is 0 Å². The van der Waals surface area contributed by atoms with Gasteiger partial charge < -0.3 is 15.5 Å². The summed E-state index contributed by atoms with van der Waals surface area (Å²) in [5, 5.41) is 5.72. The second-order valence-electron chi connectivity index (χ2n) is 4.18. The van der Waals surface area contributed by atoms with Gasteiger partial charge in [0.05, 0.1) is 12.4 Å². The van der Waals surface area contributed by atoms with Gasteiger partial charge in [-0.2, -0.15) is 0 Å². The lowest BCUT2D eigenvalue weighted by atomic mass is 10.3. The molecule has 0 saturated heterocycles. The van der Waals surface area contributed by atoms with Gasteiger partial charge >= 0.3 is 0 Å². The summed E-state index contributed by atoms with van der Waals surface area (Å²) < 4.78 is 0. The number of anilines is 1. The summed E-state index contributed by atoms with van der Waals surface area (Å²) in [6.45, 7) is 8.01. The Morgan fingerprint density at radius 1 is 1.32 bits per heavy atom. The quantitative estimate of drug-likeness (QED) is 0.686. The Labute approximate surface area is 114 Å². The van der Waals surface area contributed by atoms with Crippen LogP contribution in [0.1, 0.15) is 30.8 Å². The minimum atomic E-state index is -0.177. The van der Waals surface area contributed by atoms with E-state index in [4.69, 9.17) is 0 Å². The summed E-state index contributed by atoms with van der Waals surface area (Å²) in [5.74, 6) is 0.417. The van der Waals surface area contributed by atoms with Gasteiger partial charge in [-0.1, -0.05) is 13.8 Å². The molecule has 1 aromatic heterocycles. The summed E-state index contributed by atoms with van der Waals surface area (Å²) in [6.07, 6.45) is 3.99. The van der Waals surface area contributed by atoms with E-state index in [1.807, 2.05) is 0 Å². The van der Waals surface area contributed by atoms with Crippen molar-refractivity contribution >= 4 is 11.7 Å². The Hall–Kier alpha value is -1.69. The number of nitrogens with zero attached hydrogens (tertiary/aromatic N) is 3. The van der Waals surface area contributed by atoms with Gasteiger partial charge in [0.1, 0.15) is 11.5 Å². The van der Waals surface area contributed by atoms with Crippen LogP contribution >= 0.6 is 0 Å². The normalized spacial score (nSPS) is 10.5. The molecule has 6 nitrogen and oxygen atoms in total. The first-order valence-electron chi connectivity index (χ1n) is 6.71. The van der Waals surface area contributed by atoms with Gasteiger partial charge in [0.2, 0.25) is 0 Å². The molecular weight excluding hydrogens is 242 g/mol. The van der Waals surface area contributed by atoms with Crippen LogP contribution < -0.4 is 10.6 Å². The third-order valence-corrected chi connectivity index (χ3v) is 2.95. The molecule has 0 unspecified atom stereocenters. The Bertz CT molecular complexity index is 392. The molecule has 0 aromatic carbocycles. The fourth-order valence-corrected chi connectivity index (χ4v) is 1.73. The lowest BCUT2D eigenvalue weighted by molar-refractivity contribution is 0.0946. The molecule has 0 atom stereocenters. The summed E-state index contributed by atoms with van der Waals surface area (Å²) in [7, 11) is 1.75. The molecule has 0 aliphatic rings. The maximum atomic E-state index is 11.8. The molecule has 1 heterocycles. The highest BCUT2D eigenvalue weighted by Gasteiger charge is 2.08. The first-order valence-corrected chi connectivity index (χ1v) is 6.71. The van der Waals surface area contributed by atoms with Crippen molar-refractivity contribution in [2.45, 2.75) is 20.3 Å². The highest BCUT2D eigenvalue weighted by molar-refractivity contribution is 5.92. The Balaban J connectivity index is 2.34. The average Bonchev–Trinajstić information content (AvgIpc) is 2.47. The van der Waals surface area contributed by atoms with Gasteiger partial charge in [0, 0.05) is 13.6 Å². The van der Waals surface area contributed by atoms with Crippen molar-refractivity contribution in [3.8, 4) is 0 Å². The predicted molar refractivity (Wildman–Crippen MR) is 76.3 cm³/mol. The van der Waals surface area contributed by atoms with Gasteiger partial charge in [-0.05, 0) is 26.1 Å². The van der Waals surface area contributed by atoms with Crippen LogP contribution in [0.15, 0.2) is 12.4 Å². The minimum Gasteiger partial charge on any atom is -0.372 e. The van der Waals surface area contributed by atoms with Crippen molar-refractivity contribution in [2.24, 2.45) is 0 Å². The molecule has 2 N–H and O–H groups in total. The Morgan fingerprint density at radius 3 is 2.68 bits per heavy atom. The zero-order valence-electron chi connectivity index (χ0n) is 11.9. The molecular formula is C13H23N5O. The molecule has 1 amide bonds. The summed E-state index contributed by atoms with van der Waals surface area (Å²) >= 11 is 0. The van der Waals surface area contributed by atoms with Crippen LogP contribution in [-0.2, 0) is 0 Å². The minimum absolute atomic E-state index is 0.177. The van der Waals surface area contributed by atoms with E-state index < -0.39 is 0 Å². The van der Waals surface area contributed by atoms with Crippen LogP contribution in [-0.4, -0.2) is 54.0 Å². The molecule has 0 spiro atoms. The third kappa shape index (κ3) is 5.21. The van der Waals surface area contributed by atoms with Crippen molar-refractivity contribution in [3.05, 3.63) is 18.1 Å². The molecule has 19 heavy (non-hydrogen) atoms. The maximum absolute atomic E-state index is 11.8. The second-order valence-corrected chi connectivity index (χ2v) is 4.18. The van der Waals surface area contributed by atoms with Crippen LogP contribution in [0.3, 0.4) is 0 Å². The molecule has 6 heteroatoms. The van der Waals surface area contributed by atoms with E-state index in [0.717, 1.165) is 26.1 Å². The highest BCUT2D eigenvalue weighted by atomic mass is 16.1. The topological polar surface area (TPSA) is 70.2 Å². The van der Waals surface area contributed by atoms with Gasteiger partial charge in [-0.3, -0.25) is 9.78 Å². The predicted octanol–water partition coefficient (Wildman–Crippen LogP) is 0.980. The number of rotatable bonds is 8. The number of aromatic nitrogens is 2. The van der Waals surface area contributed by atoms with E-state index in [0.29, 0.717) is 18.1 Å². The zero-order chi connectivity index (χ0) is 14.1. The fourth-order valence-electron chi connectivity index (χ4n) is 1.73. The van der Waals surface area contributed by atoms with E-state index >= 15 is 0 Å². The van der Waals surface area contributed by atoms with E-state index in [9.17, 15) is 4.79 Å². The number of carbonyl (C=O) groups excluding carboxylic acids is 1. The van der Waals surface area contributed by atoms with E-state index in [1.165, 1.54) is 6.20 Å². The number of hydrogen-bond acceptors (Lipinski definition) is 5. The Kier molecular flexibility index (Phi) is 6.81. The Morgan fingerprint density at radius 2 is 2.05 bits per heavy atom. The highest BCUT2D eigenvalue weighted by Crippen LogP contribution is 2.00. The first kappa shape index (κ1) is 15.4. The zero-order valence-corrected chi connectivity index (χ0v) is 11.9. The van der Waals surface area contributed by atoms with Crippen LogP contribution in [0.4, 0.5) is 5.82 Å². The molecule has 0 fully saturated rings. The lowest BCUT2D eigenvalue weighted by Crippen LogP contribution is -2.30. The molecule has 1 rings (SSSR count). The van der Waals surface area contributed by atoms with Gasteiger partial charge in [-0.15, -0.1) is 0 Å². The maximum Gasteiger partial charge on any atom is 0.271 e. The van der Waals surface area contributed by atoms with Crippen LogP contribution in [0, 0.1) is 0 Å². The monoisotopic (exact) mass is 265 g/mol. The van der Waals surface area contributed by atoms with Gasteiger partial charge in [0.25, 0.3) is 5.91 Å². The van der Waals surface area contributed by atoms with Crippen molar-refractivity contribution in [1.29, 1.82) is 0 Å². The molecule has 0 bridgehead atoms. The van der Waals surface area contributed by atoms with Crippen molar-refractivity contribution in [1.82, 2.24) is 20.2 Å². The van der Waals surface area contributed by atoms with Crippen molar-refractivity contribution in [3.63, 3.8) is 0 Å². The lowest BCUT2D eigenvalue weighted by Gasteiger charge is -2.17. The van der Waals surface area contributed by atoms with E-state index in [2.05, 4.69) is 39.3 Å². The molecule has 0 aliphatic heterocycles. The summed E-state index contributed by atoms with van der Waals surface area (Å²) in [6, 6.07) is 0. The first-order chi connectivity index (χ1) is 9.21. The number of amides is 1. The number of hydrogen-bond donors (Lipinski definition) is 2. The van der Waals surface area contributed by atoms with Gasteiger partial charge in [0.15, 0.2) is 0 Å². The largest absolute Gasteiger partial charge is 0.372 e. The van der Waals surface area contributed by atoms with Crippen LogP contribution in [0.5, 0.6) is 0 Å². The standard InChI is InChI=1S/C13H23N5O/c1-4-18(5-2)8-6-7-16-13(19)11-9-15-10-12(14-3)17-11/h9-10H,4-8H2,1-3H3,(H,14,17)(H,16,19). The van der Waals surface area contributed by atoms with Crippen LogP contribution in [0.25, 0.3) is 0 Å². The number of carbonyl (C=O) groups is 1. The van der Waals surface area contributed by atoms with E-state index in [1.54, 1.807) is 13.2 Å². The second kappa shape index (κ2) is 8.42. The average molecular weight is 265 g/mol. The molecule has 1 aromatic rings. The summed E-state index contributed by atoms with van der Waals surface area (Å²) in [4.78, 5) is 22.3. The SMILES string of the molecule is CCN(CC)CCCNC(=O)c1cncc(NC)n1. The van der Waals surface area contributed by atoms with Crippen molar-refractivity contribution in [2.75, 3.05) is 38.5 Å². The van der Waals surface area contributed by atoms with E-state index in [-0.39, 0.29) is 5.91 Å². The third-order valence-electron chi connectivity index (χ3n) is 2.95. The summed E-state index contributed by atoms with van der Waals surface area (Å²) in [5.41, 5.74) is 0.342. The molecule has 0 saturated carbocycles. The molecule has 0 radical (unpaired) electrons. The number of nitrogens with one attached hydrogen (secondary N) is 2. The fraction of sp³-hybridized carbons (Fsp3) is 0.615.